The first-order valence-electron chi connectivity index (χ1n) is 6.72. The summed E-state index contributed by atoms with van der Waals surface area (Å²) in [5.74, 6) is -1.15. The number of aliphatic hydroxyl groups is 1. The minimum absolute atomic E-state index is 0.0189. The molecule has 0 amide bonds. The third kappa shape index (κ3) is 2.95. The highest BCUT2D eigenvalue weighted by molar-refractivity contribution is 5.91. The van der Waals surface area contributed by atoms with Gasteiger partial charge in [-0.3, -0.25) is 9.59 Å². The van der Waals surface area contributed by atoms with Crippen LogP contribution in [0.25, 0.3) is 0 Å². The highest BCUT2D eigenvalue weighted by Crippen LogP contribution is 2.33. The molecular weight excluding hydrogens is 244 g/mol. The Kier molecular flexibility index (Phi) is 4.20. The summed E-state index contributed by atoms with van der Waals surface area (Å²) in [6.07, 6.45) is 5.26. The van der Waals surface area contributed by atoms with Crippen molar-refractivity contribution in [1.82, 2.24) is 0 Å². The molecule has 0 aromatic carbocycles. The van der Waals surface area contributed by atoms with Crippen LogP contribution < -0.4 is 0 Å². The number of Topliss-reactive ketones (excluding diaryl/α,β-unsaturated/α-hetero) is 1. The molecule has 2 rings (SSSR count). The first-order chi connectivity index (χ1) is 9.02. The summed E-state index contributed by atoms with van der Waals surface area (Å²) < 4.78 is 5.30. The molecule has 4 nitrogen and oxygen atoms in total. The van der Waals surface area contributed by atoms with E-state index in [-0.39, 0.29) is 24.8 Å². The maximum Gasteiger partial charge on any atom is 0.310 e. The lowest BCUT2D eigenvalue weighted by atomic mass is 9.83. The number of aliphatic hydroxyl groups excluding tert-OH is 1. The van der Waals surface area contributed by atoms with E-state index in [1.807, 2.05) is 19.1 Å². The Morgan fingerprint density at radius 1 is 1.42 bits per heavy atom. The Balaban J connectivity index is 2.32. The van der Waals surface area contributed by atoms with Crippen molar-refractivity contribution in [3.05, 3.63) is 23.3 Å². The largest absolute Gasteiger partial charge is 0.457 e. The Morgan fingerprint density at radius 3 is 2.84 bits per heavy atom. The fourth-order valence-electron chi connectivity index (χ4n) is 2.75. The number of hydrogen-bond donors (Lipinski definition) is 1. The number of carbonyl (C=O) groups excluding carboxylic acids is 2. The van der Waals surface area contributed by atoms with Gasteiger partial charge in [-0.25, -0.2) is 0 Å². The molecule has 1 aliphatic carbocycles. The van der Waals surface area contributed by atoms with E-state index in [0.717, 1.165) is 24.0 Å². The number of carbonyl (C=O) groups is 2. The van der Waals surface area contributed by atoms with Crippen LogP contribution in [0.15, 0.2) is 23.3 Å². The lowest BCUT2D eigenvalue weighted by Crippen LogP contribution is -2.28. The van der Waals surface area contributed by atoms with Gasteiger partial charge < -0.3 is 9.84 Å². The molecule has 0 aromatic rings. The van der Waals surface area contributed by atoms with Crippen molar-refractivity contribution in [3.63, 3.8) is 0 Å². The molecule has 104 valence electrons. The molecule has 1 aliphatic heterocycles. The predicted molar refractivity (Wildman–Crippen MR) is 70.3 cm³/mol. The molecule has 1 heterocycles. The Bertz CT molecular complexity index is 447. The molecule has 19 heavy (non-hydrogen) atoms. The number of esters is 1. The summed E-state index contributed by atoms with van der Waals surface area (Å²) in [5.41, 5.74) is 1.85. The number of ketones is 1. The number of rotatable bonds is 1. The molecule has 1 saturated heterocycles. The molecule has 1 N–H and O–H groups in total. The van der Waals surface area contributed by atoms with E-state index in [4.69, 9.17) is 4.74 Å². The average molecular weight is 264 g/mol. The van der Waals surface area contributed by atoms with Crippen molar-refractivity contribution in [2.24, 2.45) is 11.8 Å². The number of hydrogen-bond acceptors (Lipinski definition) is 4. The second-order valence-corrected chi connectivity index (χ2v) is 5.43. The third-order valence-corrected chi connectivity index (χ3v) is 3.91. The normalized spacial score (nSPS) is 37.7. The predicted octanol–water partition coefficient (Wildman–Crippen LogP) is 1.78. The second kappa shape index (κ2) is 5.70. The van der Waals surface area contributed by atoms with Crippen LogP contribution in [0.1, 0.15) is 33.1 Å². The maximum absolute atomic E-state index is 12.3. The van der Waals surface area contributed by atoms with Crippen LogP contribution in [0, 0.1) is 11.8 Å². The van der Waals surface area contributed by atoms with Gasteiger partial charge in [0, 0.05) is 6.42 Å². The van der Waals surface area contributed by atoms with Gasteiger partial charge >= 0.3 is 5.97 Å². The topological polar surface area (TPSA) is 63.6 Å². The first kappa shape index (κ1) is 14.0. The second-order valence-electron chi connectivity index (χ2n) is 5.43. The van der Waals surface area contributed by atoms with Gasteiger partial charge in [0.05, 0.1) is 18.4 Å². The smallest absolute Gasteiger partial charge is 0.310 e. The molecule has 2 aliphatic rings. The van der Waals surface area contributed by atoms with Gasteiger partial charge in [0.25, 0.3) is 0 Å². The minimum Gasteiger partial charge on any atom is -0.457 e. The van der Waals surface area contributed by atoms with Crippen molar-refractivity contribution < 1.29 is 19.4 Å². The fraction of sp³-hybridized carbons (Fsp3) is 0.600. The van der Waals surface area contributed by atoms with E-state index in [2.05, 4.69) is 0 Å². The summed E-state index contributed by atoms with van der Waals surface area (Å²) in [4.78, 5) is 24.0. The standard InChI is InChI=1S/C15H20O4/c1-9-4-3-5-11(8-16)7-12(17)14-10(2)15(18)19-13(14)6-9/h5-6,10,13-14,16H,3-4,7-8H2,1-2H3/b9-6+,11-5-/t10-,13+,14+/m0/s1. The zero-order valence-corrected chi connectivity index (χ0v) is 11.4. The van der Waals surface area contributed by atoms with Crippen LogP contribution in [0.4, 0.5) is 0 Å². The van der Waals surface area contributed by atoms with Crippen LogP contribution in [-0.2, 0) is 14.3 Å². The van der Waals surface area contributed by atoms with Crippen LogP contribution in [-0.4, -0.2) is 29.6 Å². The highest BCUT2D eigenvalue weighted by Gasteiger charge is 2.44. The van der Waals surface area contributed by atoms with Crippen molar-refractivity contribution in [3.8, 4) is 0 Å². The fourth-order valence-corrected chi connectivity index (χ4v) is 2.75. The molecule has 4 heteroatoms. The van der Waals surface area contributed by atoms with Crippen LogP contribution in [0.2, 0.25) is 0 Å². The number of allylic oxidation sites excluding steroid dienone is 2. The number of ether oxygens (including phenoxy) is 1. The average Bonchev–Trinajstić information content (AvgIpc) is 2.63. The molecule has 0 bridgehead atoms. The van der Waals surface area contributed by atoms with E-state index in [9.17, 15) is 14.7 Å². The van der Waals surface area contributed by atoms with E-state index in [0.29, 0.717) is 0 Å². The molecular formula is C15H20O4. The summed E-state index contributed by atoms with van der Waals surface area (Å²) >= 11 is 0. The van der Waals surface area contributed by atoms with Crippen LogP contribution >= 0.6 is 0 Å². The van der Waals surface area contributed by atoms with E-state index in [1.165, 1.54) is 0 Å². The van der Waals surface area contributed by atoms with Gasteiger partial charge in [-0.2, -0.15) is 0 Å². The van der Waals surface area contributed by atoms with Crippen LogP contribution in [0.5, 0.6) is 0 Å². The van der Waals surface area contributed by atoms with Crippen molar-refractivity contribution in [2.75, 3.05) is 6.61 Å². The van der Waals surface area contributed by atoms with E-state index >= 15 is 0 Å². The summed E-state index contributed by atoms with van der Waals surface area (Å²) in [5, 5.41) is 9.28. The van der Waals surface area contributed by atoms with Gasteiger partial charge in [0.15, 0.2) is 0 Å². The molecule has 0 unspecified atom stereocenters. The zero-order chi connectivity index (χ0) is 14.0. The van der Waals surface area contributed by atoms with Crippen LogP contribution in [0.3, 0.4) is 0 Å². The lowest BCUT2D eigenvalue weighted by Gasteiger charge is -2.18. The molecule has 1 fully saturated rings. The van der Waals surface area contributed by atoms with Gasteiger partial charge in [-0.1, -0.05) is 18.6 Å². The zero-order valence-electron chi connectivity index (χ0n) is 11.4. The maximum atomic E-state index is 12.3. The molecule has 0 spiro atoms. The summed E-state index contributed by atoms with van der Waals surface area (Å²) in [6.45, 7) is 3.61. The summed E-state index contributed by atoms with van der Waals surface area (Å²) in [7, 11) is 0. The first-order valence-corrected chi connectivity index (χ1v) is 6.72. The van der Waals surface area contributed by atoms with Crippen molar-refractivity contribution in [2.45, 2.75) is 39.2 Å². The van der Waals surface area contributed by atoms with E-state index in [1.54, 1.807) is 6.92 Å². The molecule has 0 radical (unpaired) electrons. The Hall–Kier alpha value is -1.42. The molecule has 0 saturated carbocycles. The SMILES string of the molecule is C/C1=C\[C@H]2OC(=O)[C@@H](C)[C@@H]2C(=O)C/C(CO)=C/CC1. The van der Waals surface area contributed by atoms with Crippen molar-refractivity contribution in [1.29, 1.82) is 0 Å². The van der Waals surface area contributed by atoms with Gasteiger partial charge in [-0.15, -0.1) is 0 Å². The Labute approximate surface area is 113 Å². The molecule has 0 aromatic heterocycles. The lowest BCUT2D eigenvalue weighted by molar-refractivity contribution is -0.142. The third-order valence-electron chi connectivity index (χ3n) is 3.91. The van der Waals surface area contributed by atoms with Gasteiger partial charge in [0.2, 0.25) is 0 Å². The quantitative estimate of drug-likeness (QED) is 0.579. The van der Waals surface area contributed by atoms with Crippen molar-refractivity contribution >= 4 is 11.8 Å². The minimum atomic E-state index is -0.437. The Morgan fingerprint density at radius 2 is 2.16 bits per heavy atom. The summed E-state index contributed by atoms with van der Waals surface area (Å²) in [6, 6.07) is 0. The monoisotopic (exact) mass is 264 g/mol. The molecule has 3 atom stereocenters. The van der Waals surface area contributed by atoms with Gasteiger partial charge in [0.1, 0.15) is 11.9 Å². The number of fused-ring (bicyclic) bond motifs is 1. The van der Waals surface area contributed by atoms with Gasteiger partial charge in [-0.05, 0) is 31.4 Å². The van der Waals surface area contributed by atoms with E-state index < -0.39 is 17.9 Å². The highest BCUT2D eigenvalue weighted by atomic mass is 16.6.